The van der Waals surface area contributed by atoms with Gasteiger partial charge in [-0.05, 0) is 29.9 Å². The molecule has 1 aromatic carbocycles. The van der Waals surface area contributed by atoms with Crippen molar-refractivity contribution in [2.45, 2.75) is 25.2 Å². The molecule has 3 heterocycles. The number of likely N-dealkylation sites (tertiary alicyclic amines) is 1. The third kappa shape index (κ3) is 2.69. The van der Waals surface area contributed by atoms with Crippen molar-refractivity contribution in [3.63, 3.8) is 0 Å². The number of carbonyl (C=O) groups is 3. The van der Waals surface area contributed by atoms with Crippen LogP contribution in [0, 0.1) is 5.41 Å². The van der Waals surface area contributed by atoms with E-state index >= 15 is 0 Å². The number of rotatable bonds is 1. The zero-order valence-electron chi connectivity index (χ0n) is 14.5. The highest BCUT2D eigenvalue weighted by molar-refractivity contribution is 6.00. The molecule has 6 heteroatoms. The fourth-order valence-electron chi connectivity index (χ4n) is 4.39. The van der Waals surface area contributed by atoms with Crippen LogP contribution in [0.2, 0.25) is 0 Å². The van der Waals surface area contributed by atoms with Crippen LogP contribution in [-0.4, -0.2) is 60.7 Å². The van der Waals surface area contributed by atoms with Crippen molar-refractivity contribution in [2.75, 3.05) is 33.2 Å². The smallest absolute Gasteiger partial charge is 0.253 e. The molecule has 25 heavy (non-hydrogen) atoms. The molecular formula is C19H23N3O3. The van der Waals surface area contributed by atoms with Gasteiger partial charge in [0.2, 0.25) is 11.8 Å². The van der Waals surface area contributed by atoms with Gasteiger partial charge in [0.05, 0.1) is 5.92 Å². The van der Waals surface area contributed by atoms with Crippen molar-refractivity contribution in [1.29, 1.82) is 0 Å². The van der Waals surface area contributed by atoms with E-state index in [1.165, 1.54) is 0 Å². The van der Waals surface area contributed by atoms with Crippen molar-refractivity contribution in [3.05, 3.63) is 35.4 Å². The van der Waals surface area contributed by atoms with Gasteiger partial charge in [0.15, 0.2) is 0 Å². The van der Waals surface area contributed by atoms with E-state index in [-0.39, 0.29) is 29.1 Å². The second-order valence-corrected chi connectivity index (χ2v) is 7.60. The lowest BCUT2D eigenvalue weighted by Crippen LogP contribution is -2.49. The van der Waals surface area contributed by atoms with Crippen LogP contribution in [-0.2, 0) is 9.59 Å². The van der Waals surface area contributed by atoms with Crippen molar-refractivity contribution in [1.82, 2.24) is 15.1 Å². The molecule has 1 aromatic rings. The molecular weight excluding hydrogens is 318 g/mol. The Balaban J connectivity index is 1.51. The molecule has 0 saturated carbocycles. The Morgan fingerprint density at radius 3 is 2.60 bits per heavy atom. The monoisotopic (exact) mass is 341 g/mol. The number of piperidine rings is 1. The summed E-state index contributed by atoms with van der Waals surface area (Å²) >= 11 is 0. The number of hydrogen-bond donors (Lipinski definition) is 1. The zero-order valence-corrected chi connectivity index (χ0v) is 14.5. The average Bonchev–Trinajstić information content (AvgIpc) is 2.98. The van der Waals surface area contributed by atoms with Crippen LogP contribution in [0.5, 0.6) is 0 Å². The number of likely N-dealkylation sites (N-methyl/N-ethyl adjacent to an activating group) is 1. The van der Waals surface area contributed by atoms with Gasteiger partial charge in [0, 0.05) is 45.2 Å². The van der Waals surface area contributed by atoms with E-state index in [2.05, 4.69) is 5.32 Å². The van der Waals surface area contributed by atoms with Crippen LogP contribution in [0.3, 0.4) is 0 Å². The minimum Gasteiger partial charge on any atom is -0.356 e. The molecule has 1 N–H and O–H groups in total. The summed E-state index contributed by atoms with van der Waals surface area (Å²) in [5.41, 5.74) is 1.51. The number of amides is 3. The van der Waals surface area contributed by atoms with Crippen molar-refractivity contribution < 1.29 is 14.4 Å². The Bertz CT molecular complexity index is 737. The first-order valence-corrected chi connectivity index (χ1v) is 8.89. The zero-order chi connectivity index (χ0) is 17.6. The second-order valence-electron chi connectivity index (χ2n) is 7.60. The summed E-state index contributed by atoms with van der Waals surface area (Å²) in [7, 11) is 1.75. The predicted molar refractivity (Wildman–Crippen MR) is 92.0 cm³/mol. The maximum atomic E-state index is 13.1. The molecule has 0 radical (unpaired) electrons. The van der Waals surface area contributed by atoms with Gasteiger partial charge in [-0.3, -0.25) is 14.4 Å². The third-order valence-corrected chi connectivity index (χ3v) is 6.00. The van der Waals surface area contributed by atoms with Crippen molar-refractivity contribution >= 4 is 17.7 Å². The molecule has 0 aromatic heterocycles. The highest BCUT2D eigenvalue weighted by Gasteiger charge is 2.43. The standard InChI is InChI=1S/C19H23N3O3/c1-21-11-15(13-4-2-3-5-14(13)17(21)24)18(25)22-8-6-19(7-9-22)10-16(23)20-12-19/h2-5,15H,6-12H2,1H3,(H,20,23). The highest BCUT2D eigenvalue weighted by Crippen LogP contribution is 2.38. The summed E-state index contributed by atoms with van der Waals surface area (Å²) in [6, 6.07) is 7.42. The maximum absolute atomic E-state index is 13.1. The SMILES string of the molecule is CN1CC(C(=O)N2CCC3(CC2)CNC(=O)C3)c2ccccc2C1=O. The van der Waals surface area contributed by atoms with Crippen LogP contribution < -0.4 is 5.32 Å². The lowest BCUT2D eigenvalue weighted by Gasteiger charge is -2.41. The van der Waals surface area contributed by atoms with Crippen LogP contribution in [0.4, 0.5) is 0 Å². The van der Waals surface area contributed by atoms with Crippen LogP contribution in [0.1, 0.15) is 41.1 Å². The lowest BCUT2D eigenvalue weighted by molar-refractivity contribution is -0.135. The van der Waals surface area contributed by atoms with Gasteiger partial charge in [-0.1, -0.05) is 18.2 Å². The molecule has 3 aliphatic heterocycles. The molecule has 0 aliphatic carbocycles. The molecule has 2 saturated heterocycles. The molecule has 2 fully saturated rings. The summed E-state index contributed by atoms with van der Waals surface area (Å²) in [5.74, 6) is -0.0934. The fourth-order valence-corrected chi connectivity index (χ4v) is 4.39. The molecule has 1 unspecified atom stereocenters. The normalized spacial score (nSPS) is 25.1. The summed E-state index contributed by atoms with van der Waals surface area (Å²) in [4.78, 5) is 40.6. The van der Waals surface area contributed by atoms with E-state index in [1.807, 2.05) is 23.1 Å². The Hall–Kier alpha value is -2.37. The van der Waals surface area contributed by atoms with Gasteiger partial charge >= 0.3 is 0 Å². The number of fused-ring (bicyclic) bond motifs is 1. The summed E-state index contributed by atoms with van der Waals surface area (Å²) in [6.45, 7) is 2.53. The predicted octanol–water partition coefficient (Wildman–Crippen LogP) is 0.985. The third-order valence-electron chi connectivity index (χ3n) is 6.00. The number of nitrogens with zero attached hydrogens (tertiary/aromatic N) is 2. The van der Waals surface area contributed by atoms with Gasteiger partial charge in [-0.2, -0.15) is 0 Å². The molecule has 4 rings (SSSR count). The Kier molecular flexibility index (Phi) is 3.78. The summed E-state index contributed by atoms with van der Waals surface area (Å²) in [5, 5.41) is 2.92. The number of hydrogen-bond acceptors (Lipinski definition) is 3. The van der Waals surface area contributed by atoms with Crippen LogP contribution in [0.25, 0.3) is 0 Å². The summed E-state index contributed by atoms with van der Waals surface area (Å²) in [6.07, 6.45) is 2.31. The minimum atomic E-state index is -0.295. The quantitative estimate of drug-likeness (QED) is 0.828. The van der Waals surface area contributed by atoms with Gasteiger partial charge in [-0.25, -0.2) is 0 Å². The lowest BCUT2D eigenvalue weighted by atomic mass is 9.77. The molecule has 1 atom stereocenters. The van der Waals surface area contributed by atoms with Gasteiger partial charge < -0.3 is 15.1 Å². The van der Waals surface area contributed by atoms with Gasteiger partial charge in [-0.15, -0.1) is 0 Å². The molecule has 0 bridgehead atoms. The Morgan fingerprint density at radius 2 is 1.92 bits per heavy atom. The van der Waals surface area contributed by atoms with E-state index in [0.717, 1.165) is 24.9 Å². The number of nitrogens with one attached hydrogen (secondary N) is 1. The van der Waals surface area contributed by atoms with E-state index in [1.54, 1.807) is 18.0 Å². The topological polar surface area (TPSA) is 69.7 Å². The first-order valence-electron chi connectivity index (χ1n) is 8.89. The van der Waals surface area contributed by atoms with Crippen molar-refractivity contribution in [3.8, 4) is 0 Å². The largest absolute Gasteiger partial charge is 0.356 e. The van der Waals surface area contributed by atoms with Crippen LogP contribution >= 0.6 is 0 Å². The molecule has 132 valence electrons. The molecule has 6 nitrogen and oxygen atoms in total. The van der Waals surface area contributed by atoms with Gasteiger partial charge in [0.1, 0.15) is 0 Å². The van der Waals surface area contributed by atoms with E-state index in [0.29, 0.717) is 31.6 Å². The van der Waals surface area contributed by atoms with Crippen LogP contribution in [0.15, 0.2) is 24.3 Å². The molecule has 3 aliphatic rings. The maximum Gasteiger partial charge on any atom is 0.253 e. The fraction of sp³-hybridized carbons (Fsp3) is 0.526. The minimum absolute atomic E-state index is 0.0206. The van der Waals surface area contributed by atoms with E-state index in [4.69, 9.17) is 0 Å². The number of carbonyl (C=O) groups excluding carboxylic acids is 3. The highest BCUT2D eigenvalue weighted by atomic mass is 16.2. The Labute approximate surface area is 147 Å². The average molecular weight is 341 g/mol. The first kappa shape index (κ1) is 16.1. The van der Waals surface area contributed by atoms with E-state index in [9.17, 15) is 14.4 Å². The molecule has 3 amide bonds. The summed E-state index contributed by atoms with van der Waals surface area (Å²) < 4.78 is 0. The molecule has 1 spiro atoms. The number of benzene rings is 1. The first-order chi connectivity index (χ1) is 12.0. The van der Waals surface area contributed by atoms with Crippen molar-refractivity contribution in [2.24, 2.45) is 5.41 Å². The second kappa shape index (κ2) is 5.86. The van der Waals surface area contributed by atoms with E-state index < -0.39 is 0 Å². The van der Waals surface area contributed by atoms with Gasteiger partial charge in [0.25, 0.3) is 5.91 Å². The Morgan fingerprint density at radius 1 is 1.20 bits per heavy atom.